The summed E-state index contributed by atoms with van der Waals surface area (Å²) in [5, 5.41) is 20.8. The second-order valence-corrected chi connectivity index (χ2v) is 4.46. The summed E-state index contributed by atoms with van der Waals surface area (Å²) in [5.74, 6) is -0.606. The summed E-state index contributed by atoms with van der Waals surface area (Å²) in [5.41, 5.74) is 0. The van der Waals surface area contributed by atoms with E-state index in [1.54, 1.807) is 6.92 Å². The van der Waals surface area contributed by atoms with Gasteiger partial charge in [0.2, 0.25) is 5.91 Å². The number of carbonyl (C=O) groups is 2. The van der Waals surface area contributed by atoms with E-state index in [4.69, 9.17) is 9.84 Å². The summed E-state index contributed by atoms with van der Waals surface area (Å²) >= 11 is 0. The molecule has 19 heavy (non-hydrogen) atoms. The van der Waals surface area contributed by atoms with Gasteiger partial charge in [-0.05, 0) is 0 Å². The molecule has 2 unspecified atom stereocenters. The van der Waals surface area contributed by atoms with Gasteiger partial charge in [0, 0.05) is 13.0 Å². The maximum absolute atomic E-state index is 11.6. The molecule has 0 spiro atoms. The fourth-order valence-corrected chi connectivity index (χ4v) is 2.08. The smallest absolute Gasteiger partial charge is 0.326 e. The van der Waals surface area contributed by atoms with Crippen molar-refractivity contribution >= 4 is 11.9 Å². The third-order valence-corrected chi connectivity index (χ3v) is 3.14. The van der Waals surface area contributed by atoms with Crippen LogP contribution in [0.25, 0.3) is 0 Å². The SMILES string of the molecule is CC.CC1CN([C@H]2C[C@@H](O)C(CO)O2)C(=O)NC1=O. The minimum absolute atomic E-state index is 0.250. The molecule has 0 bridgehead atoms. The number of hydrogen-bond donors (Lipinski definition) is 3. The standard InChI is InChI=1S/C10H16N2O5.C2H6/c1-5-3-12(10(16)11-9(5)15)8-2-6(14)7(4-13)17-8;1-2/h5-8,13-14H,2-4H2,1H3,(H,11,15,16);1-2H3/t5?,6-,7?,8-;/m1./s1. The summed E-state index contributed by atoms with van der Waals surface area (Å²) in [7, 11) is 0. The van der Waals surface area contributed by atoms with E-state index in [2.05, 4.69) is 5.32 Å². The van der Waals surface area contributed by atoms with Crippen LogP contribution in [0.5, 0.6) is 0 Å². The quantitative estimate of drug-likeness (QED) is 0.640. The highest BCUT2D eigenvalue weighted by molar-refractivity contribution is 5.97. The van der Waals surface area contributed by atoms with Crippen molar-refractivity contribution < 1.29 is 24.5 Å². The van der Waals surface area contributed by atoms with Crippen LogP contribution in [0.3, 0.4) is 0 Å². The molecule has 7 nitrogen and oxygen atoms in total. The van der Waals surface area contributed by atoms with Crippen molar-refractivity contribution in [3.8, 4) is 0 Å². The first-order valence-corrected chi connectivity index (χ1v) is 6.58. The molecule has 110 valence electrons. The molecule has 2 aliphatic rings. The zero-order chi connectivity index (χ0) is 14.6. The number of nitrogens with zero attached hydrogens (tertiary/aromatic N) is 1. The number of nitrogens with one attached hydrogen (secondary N) is 1. The van der Waals surface area contributed by atoms with E-state index in [-0.39, 0.29) is 31.4 Å². The highest BCUT2D eigenvalue weighted by atomic mass is 16.5. The Kier molecular flexibility index (Phi) is 5.71. The number of ether oxygens (including phenoxy) is 1. The number of carbonyl (C=O) groups excluding carboxylic acids is 2. The molecule has 0 aromatic heterocycles. The van der Waals surface area contributed by atoms with Gasteiger partial charge in [-0.25, -0.2) is 4.79 Å². The Morgan fingerprint density at radius 2 is 2.05 bits per heavy atom. The van der Waals surface area contributed by atoms with E-state index >= 15 is 0 Å². The zero-order valence-electron chi connectivity index (χ0n) is 11.5. The first-order valence-electron chi connectivity index (χ1n) is 6.58. The lowest BCUT2D eigenvalue weighted by atomic mass is 10.1. The predicted octanol–water partition coefficient (Wildman–Crippen LogP) is -0.331. The van der Waals surface area contributed by atoms with Crippen LogP contribution in [0.2, 0.25) is 0 Å². The average Bonchev–Trinajstić information content (AvgIpc) is 2.77. The highest BCUT2D eigenvalue weighted by Crippen LogP contribution is 2.25. The number of amides is 3. The number of hydrogen-bond acceptors (Lipinski definition) is 5. The van der Waals surface area contributed by atoms with Gasteiger partial charge in [0.05, 0.1) is 18.6 Å². The van der Waals surface area contributed by atoms with Crippen LogP contribution < -0.4 is 5.32 Å². The van der Waals surface area contributed by atoms with Gasteiger partial charge >= 0.3 is 6.03 Å². The first-order chi connectivity index (χ1) is 9.02. The molecule has 3 N–H and O–H groups in total. The van der Waals surface area contributed by atoms with Gasteiger partial charge in [0.1, 0.15) is 12.3 Å². The second kappa shape index (κ2) is 6.83. The van der Waals surface area contributed by atoms with E-state index in [1.165, 1.54) is 4.90 Å². The number of urea groups is 1. The minimum atomic E-state index is -0.786. The maximum atomic E-state index is 11.6. The Morgan fingerprint density at radius 1 is 1.42 bits per heavy atom. The molecule has 2 heterocycles. The molecule has 2 aliphatic heterocycles. The molecule has 0 radical (unpaired) electrons. The lowest BCUT2D eigenvalue weighted by Gasteiger charge is -2.34. The Hall–Kier alpha value is -1.18. The van der Waals surface area contributed by atoms with Crippen molar-refractivity contribution in [1.29, 1.82) is 0 Å². The van der Waals surface area contributed by atoms with Gasteiger partial charge in [0.25, 0.3) is 0 Å². The summed E-state index contributed by atoms with van der Waals surface area (Å²) in [6, 6.07) is -0.510. The van der Waals surface area contributed by atoms with Crippen LogP contribution in [0, 0.1) is 5.92 Å². The molecule has 7 heteroatoms. The summed E-state index contributed by atoms with van der Waals surface area (Å²) in [6.07, 6.45) is -1.79. The molecule has 0 saturated carbocycles. The summed E-state index contributed by atoms with van der Waals surface area (Å²) in [4.78, 5) is 24.2. The first kappa shape index (κ1) is 15.9. The van der Waals surface area contributed by atoms with Crippen LogP contribution in [-0.4, -0.2) is 58.6 Å². The second-order valence-electron chi connectivity index (χ2n) is 4.46. The normalized spacial score (nSPS) is 34.7. The molecule has 2 fully saturated rings. The van der Waals surface area contributed by atoms with E-state index in [0.29, 0.717) is 0 Å². The summed E-state index contributed by atoms with van der Waals surface area (Å²) in [6.45, 7) is 5.69. The van der Waals surface area contributed by atoms with Crippen LogP contribution in [-0.2, 0) is 9.53 Å². The van der Waals surface area contributed by atoms with Crippen molar-refractivity contribution in [1.82, 2.24) is 10.2 Å². The van der Waals surface area contributed by atoms with E-state index in [9.17, 15) is 14.7 Å². The van der Waals surface area contributed by atoms with Crippen molar-refractivity contribution in [3.63, 3.8) is 0 Å². The van der Waals surface area contributed by atoms with Gasteiger partial charge in [0.15, 0.2) is 0 Å². The molecular weight excluding hydrogens is 252 g/mol. The van der Waals surface area contributed by atoms with Gasteiger partial charge < -0.3 is 14.9 Å². The van der Waals surface area contributed by atoms with Gasteiger partial charge in [-0.1, -0.05) is 20.8 Å². The van der Waals surface area contributed by atoms with Crippen LogP contribution in [0.1, 0.15) is 27.2 Å². The van der Waals surface area contributed by atoms with Crippen LogP contribution in [0.4, 0.5) is 4.79 Å². The summed E-state index contributed by atoms with van der Waals surface area (Å²) < 4.78 is 5.37. The number of imide groups is 1. The molecule has 4 atom stereocenters. The van der Waals surface area contributed by atoms with E-state index in [0.717, 1.165) is 0 Å². The van der Waals surface area contributed by atoms with Crippen molar-refractivity contribution in [2.75, 3.05) is 13.2 Å². The topological polar surface area (TPSA) is 99.1 Å². The lowest BCUT2D eigenvalue weighted by molar-refractivity contribution is -0.128. The number of aliphatic hydroxyl groups excluding tert-OH is 2. The lowest BCUT2D eigenvalue weighted by Crippen LogP contribution is -2.57. The Bertz CT molecular complexity index is 336. The third-order valence-electron chi connectivity index (χ3n) is 3.14. The van der Waals surface area contributed by atoms with Crippen molar-refractivity contribution in [3.05, 3.63) is 0 Å². The van der Waals surface area contributed by atoms with Crippen molar-refractivity contribution in [2.45, 2.75) is 45.6 Å². The average molecular weight is 274 g/mol. The zero-order valence-corrected chi connectivity index (χ0v) is 11.5. The predicted molar refractivity (Wildman–Crippen MR) is 67.1 cm³/mol. The molecule has 3 amide bonds. The van der Waals surface area contributed by atoms with Gasteiger partial charge in [-0.15, -0.1) is 0 Å². The van der Waals surface area contributed by atoms with E-state index in [1.807, 2.05) is 13.8 Å². The largest absolute Gasteiger partial charge is 0.394 e. The Morgan fingerprint density at radius 3 is 2.58 bits per heavy atom. The minimum Gasteiger partial charge on any atom is -0.394 e. The fraction of sp³-hybridized carbons (Fsp3) is 0.833. The number of rotatable bonds is 2. The van der Waals surface area contributed by atoms with Gasteiger partial charge in [-0.2, -0.15) is 0 Å². The Balaban J connectivity index is 0.000000861. The molecule has 0 aliphatic carbocycles. The van der Waals surface area contributed by atoms with Crippen LogP contribution >= 0.6 is 0 Å². The maximum Gasteiger partial charge on any atom is 0.326 e. The third kappa shape index (κ3) is 3.43. The van der Waals surface area contributed by atoms with E-state index < -0.39 is 24.5 Å². The highest BCUT2D eigenvalue weighted by Gasteiger charge is 2.41. The van der Waals surface area contributed by atoms with Gasteiger partial charge in [-0.3, -0.25) is 15.0 Å². The monoisotopic (exact) mass is 274 g/mol. The molecule has 2 rings (SSSR count). The number of aliphatic hydroxyl groups is 2. The van der Waals surface area contributed by atoms with Crippen LogP contribution in [0.15, 0.2) is 0 Å². The molecule has 0 aromatic rings. The molecule has 2 saturated heterocycles. The molecular formula is C12H22N2O5. The molecule has 0 aromatic carbocycles. The van der Waals surface area contributed by atoms with Crippen molar-refractivity contribution in [2.24, 2.45) is 5.92 Å². The Labute approximate surface area is 112 Å². The fourth-order valence-electron chi connectivity index (χ4n) is 2.08.